The van der Waals surface area contributed by atoms with Crippen molar-refractivity contribution < 1.29 is 13.2 Å². The molecule has 0 unspecified atom stereocenters. The Bertz CT molecular complexity index is 820. The van der Waals surface area contributed by atoms with Gasteiger partial charge < -0.3 is 5.32 Å². The van der Waals surface area contributed by atoms with Gasteiger partial charge in [0.05, 0.1) is 18.0 Å². The zero-order valence-electron chi connectivity index (χ0n) is 14.4. The fourth-order valence-corrected chi connectivity index (χ4v) is 4.75. The number of hydrogen-bond donors (Lipinski definition) is 1. The van der Waals surface area contributed by atoms with Crippen LogP contribution in [-0.2, 0) is 16.4 Å². The van der Waals surface area contributed by atoms with E-state index in [0.717, 1.165) is 37.7 Å². The molecule has 0 radical (unpaired) electrons. The Morgan fingerprint density at radius 3 is 2.60 bits per heavy atom. The molecule has 6 nitrogen and oxygen atoms in total. The van der Waals surface area contributed by atoms with Crippen molar-refractivity contribution in [3.63, 3.8) is 0 Å². The average molecular weight is 361 g/mol. The van der Waals surface area contributed by atoms with E-state index in [-0.39, 0.29) is 5.91 Å². The Hall–Kier alpha value is -2.07. The van der Waals surface area contributed by atoms with Gasteiger partial charge in [0.15, 0.2) is 0 Å². The summed E-state index contributed by atoms with van der Waals surface area (Å²) in [5, 5.41) is 12.4. The summed E-state index contributed by atoms with van der Waals surface area (Å²) in [5.41, 5.74) is 1.22. The van der Waals surface area contributed by atoms with Gasteiger partial charge in [-0.15, -0.1) is 0 Å². The molecule has 1 fully saturated rings. The SMILES string of the molecule is CS(=O)(=O)N1CCCc2cc(C(=O)NC3(C#N)CCCCC3)ccc21. The molecule has 7 heteroatoms. The largest absolute Gasteiger partial charge is 0.334 e. The number of anilines is 1. The van der Waals surface area contributed by atoms with Gasteiger partial charge in [0.1, 0.15) is 5.54 Å². The van der Waals surface area contributed by atoms with Crippen LogP contribution < -0.4 is 9.62 Å². The first kappa shape index (κ1) is 17.7. The van der Waals surface area contributed by atoms with Gasteiger partial charge in [0.25, 0.3) is 5.91 Å². The molecule has 1 amide bonds. The molecule has 0 spiro atoms. The Kier molecular flexibility index (Phi) is 4.74. The van der Waals surface area contributed by atoms with Gasteiger partial charge in [-0.05, 0) is 49.4 Å². The first-order valence-corrected chi connectivity index (χ1v) is 10.5. The van der Waals surface area contributed by atoms with Crippen molar-refractivity contribution in [2.75, 3.05) is 17.1 Å². The Labute approximate surface area is 148 Å². The molecule has 1 saturated carbocycles. The number of carbonyl (C=O) groups excluding carboxylic acids is 1. The van der Waals surface area contributed by atoms with Crippen LogP contribution >= 0.6 is 0 Å². The molecule has 0 aromatic heterocycles. The van der Waals surface area contributed by atoms with Crippen molar-refractivity contribution in [3.8, 4) is 6.07 Å². The fraction of sp³-hybridized carbons (Fsp3) is 0.556. The summed E-state index contributed by atoms with van der Waals surface area (Å²) in [5.74, 6) is -0.261. The first-order valence-electron chi connectivity index (χ1n) is 8.69. The zero-order chi connectivity index (χ0) is 18.1. The standard InChI is InChI=1S/C18H23N3O3S/c1-25(23,24)21-11-5-6-14-12-15(7-8-16(14)21)17(22)20-18(13-19)9-3-2-4-10-18/h7-8,12H,2-6,9-11H2,1H3,(H,20,22). The summed E-state index contributed by atoms with van der Waals surface area (Å²) in [6.45, 7) is 0.467. The lowest BCUT2D eigenvalue weighted by Crippen LogP contribution is -2.48. The first-order chi connectivity index (χ1) is 11.8. The Morgan fingerprint density at radius 2 is 1.96 bits per heavy atom. The number of nitrogens with zero attached hydrogens (tertiary/aromatic N) is 2. The predicted octanol–water partition coefficient (Wildman–Crippen LogP) is 2.36. The van der Waals surface area contributed by atoms with E-state index in [1.54, 1.807) is 18.2 Å². The maximum atomic E-state index is 12.6. The molecule has 0 saturated heterocycles. The van der Waals surface area contributed by atoms with Gasteiger partial charge in [-0.2, -0.15) is 5.26 Å². The van der Waals surface area contributed by atoms with Crippen molar-refractivity contribution in [2.24, 2.45) is 0 Å². The van der Waals surface area contributed by atoms with Crippen molar-refractivity contribution in [1.29, 1.82) is 5.26 Å². The number of benzene rings is 1. The van der Waals surface area contributed by atoms with Crippen LogP contribution in [0.3, 0.4) is 0 Å². The van der Waals surface area contributed by atoms with Gasteiger partial charge in [-0.1, -0.05) is 19.3 Å². The zero-order valence-corrected chi connectivity index (χ0v) is 15.2. The molecule has 3 rings (SSSR count). The molecule has 0 atom stereocenters. The number of carbonyl (C=O) groups is 1. The molecule has 1 heterocycles. The summed E-state index contributed by atoms with van der Waals surface area (Å²) in [6.07, 6.45) is 7.02. The number of amides is 1. The van der Waals surface area contributed by atoms with Crippen molar-refractivity contribution in [2.45, 2.75) is 50.5 Å². The second-order valence-electron chi connectivity index (χ2n) is 6.99. The van der Waals surface area contributed by atoms with Crippen LogP contribution in [0, 0.1) is 11.3 Å². The molecule has 0 bridgehead atoms. The summed E-state index contributed by atoms with van der Waals surface area (Å²) >= 11 is 0. The van der Waals surface area contributed by atoms with Crippen molar-refractivity contribution in [1.82, 2.24) is 5.32 Å². The van der Waals surface area contributed by atoms with E-state index in [1.165, 1.54) is 10.6 Å². The number of sulfonamides is 1. The van der Waals surface area contributed by atoms with E-state index < -0.39 is 15.6 Å². The molecule has 134 valence electrons. The van der Waals surface area contributed by atoms with E-state index in [1.807, 2.05) is 0 Å². The van der Waals surface area contributed by atoms with Crippen molar-refractivity contribution >= 4 is 21.6 Å². The highest BCUT2D eigenvalue weighted by atomic mass is 32.2. The van der Waals surface area contributed by atoms with Gasteiger partial charge >= 0.3 is 0 Å². The van der Waals surface area contributed by atoms with Gasteiger partial charge in [0, 0.05) is 12.1 Å². The molecule has 1 N–H and O–H groups in total. The number of nitrogens with one attached hydrogen (secondary N) is 1. The lowest BCUT2D eigenvalue weighted by molar-refractivity contribution is 0.0902. The topological polar surface area (TPSA) is 90.3 Å². The predicted molar refractivity (Wildman–Crippen MR) is 95.8 cm³/mol. The highest BCUT2D eigenvalue weighted by Crippen LogP contribution is 2.31. The van der Waals surface area contributed by atoms with Crippen LogP contribution in [-0.4, -0.2) is 32.7 Å². The average Bonchev–Trinajstić information content (AvgIpc) is 2.60. The molecular weight excluding hydrogens is 338 g/mol. The maximum Gasteiger partial charge on any atom is 0.252 e. The minimum absolute atomic E-state index is 0.261. The monoisotopic (exact) mass is 361 g/mol. The number of rotatable bonds is 3. The molecule has 1 aliphatic carbocycles. The van der Waals surface area contributed by atoms with E-state index >= 15 is 0 Å². The van der Waals surface area contributed by atoms with Gasteiger partial charge in [-0.25, -0.2) is 8.42 Å². The lowest BCUT2D eigenvalue weighted by atomic mass is 9.82. The molecular formula is C18H23N3O3S. The van der Waals surface area contributed by atoms with Crippen LogP contribution in [0.1, 0.15) is 54.4 Å². The molecule has 1 aromatic rings. The lowest BCUT2D eigenvalue weighted by Gasteiger charge is -2.32. The number of nitriles is 1. The van der Waals surface area contributed by atoms with Crippen LogP contribution in [0.2, 0.25) is 0 Å². The fourth-order valence-electron chi connectivity index (χ4n) is 3.76. The van der Waals surface area contributed by atoms with Gasteiger partial charge in [0.2, 0.25) is 10.0 Å². The Morgan fingerprint density at radius 1 is 1.24 bits per heavy atom. The van der Waals surface area contributed by atoms with E-state index in [2.05, 4.69) is 11.4 Å². The third-order valence-corrected chi connectivity index (χ3v) is 6.27. The second-order valence-corrected chi connectivity index (χ2v) is 8.90. The third-order valence-electron chi connectivity index (χ3n) is 5.09. The van der Waals surface area contributed by atoms with Gasteiger partial charge in [-0.3, -0.25) is 9.10 Å². The molecule has 2 aliphatic rings. The van der Waals surface area contributed by atoms with Crippen LogP contribution in [0.15, 0.2) is 18.2 Å². The van der Waals surface area contributed by atoms with Crippen LogP contribution in [0.25, 0.3) is 0 Å². The summed E-state index contributed by atoms with van der Waals surface area (Å²) < 4.78 is 25.2. The van der Waals surface area contributed by atoms with E-state index in [0.29, 0.717) is 30.6 Å². The molecule has 25 heavy (non-hydrogen) atoms. The highest BCUT2D eigenvalue weighted by molar-refractivity contribution is 7.92. The third kappa shape index (κ3) is 3.64. The molecule has 1 aromatic carbocycles. The normalized spacial score (nSPS) is 19.6. The maximum absolute atomic E-state index is 12.6. The van der Waals surface area contributed by atoms with E-state index in [4.69, 9.17) is 0 Å². The van der Waals surface area contributed by atoms with Crippen LogP contribution in [0.4, 0.5) is 5.69 Å². The number of hydrogen-bond acceptors (Lipinski definition) is 4. The minimum atomic E-state index is -3.32. The van der Waals surface area contributed by atoms with Crippen molar-refractivity contribution in [3.05, 3.63) is 29.3 Å². The smallest absolute Gasteiger partial charge is 0.252 e. The summed E-state index contributed by atoms with van der Waals surface area (Å²) in [4.78, 5) is 12.6. The van der Waals surface area contributed by atoms with E-state index in [9.17, 15) is 18.5 Å². The minimum Gasteiger partial charge on any atom is -0.334 e. The highest BCUT2D eigenvalue weighted by Gasteiger charge is 2.34. The summed E-state index contributed by atoms with van der Waals surface area (Å²) in [6, 6.07) is 7.39. The second kappa shape index (κ2) is 6.68. The van der Waals surface area contributed by atoms with Crippen LogP contribution in [0.5, 0.6) is 0 Å². The molecule has 1 aliphatic heterocycles. The number of fused-ring (bicyclic) bond motifs is 1. The summed E-state index contributed by atoms with van der Waals surface area (Å²) in [7, 11) is -3.32. The number of aryl methyl sites for hydroxylation is 1. The Balaban J connectivity index is 1.84. The quantitative estimate of drug-likeness (QED) is 0.895.